The van der Waals surface area contributed by atoms with Gasteiger partial charge in [-0.25, -0.2) is 4.39 Å². The number of benzene rings is 3. The highest BCUT2D eigenvalue weighted by molar-refractivity contribution is 9.10. The first-order valence-electron chi connectivity index (χ1n) is 8.34. The molecule has 3 aromatic carbocycles. The van der Waals surface area contributed by atoms with Gasteiger partial charge in [-0.1, -0.05) is 57.3 Å². The van der Waals surface area contributed by atoms with Crippen LogP contribution in [0, 0.1) is 5.82 Å². The Hall–Kier alpha value is -1.88. The van der Waals surface area contributed by atoms with E-state index in [1.54, 1.807) is 18.2 Å². The number of hydrogen-bond donors (Lipinski definition) is 0. The lowest BCUT2D eigenvalue weighted by molar-refractivity contribution is 0.627. The molecule has 0 saturated carbocycles. The monoisotopic (exact) mass is 462 g/mol. The lowest BCUT2D eigenvalue weighted by Gasteiger charge is -2.25. The van der Waals surface area contributed by atoms with Crippen LogP contribution < -0.4 is 5.01 Å². The Morgan fingerprint density at radius 3 is 2.33 bits per heavy atom. The highest BCUT2D eigenvalue weighted by Gasteiger charge is 2.31. The Balaban J connectivity index is 1.77. The SMILES string of the molecule is Fc1ccc(C2=NN(c3ccc(Br)cc3)C(c3ccc(Cl)cc3Cl)C2)cc1. The fourth-order valence-electron chi connectivity index (χ4n) is 3.17. The standard InChI is InChI=1S/C21H14BrCl2FN2/c22-14-3-8-17(9-4-14)27-21(18-10-5-15(23)11-19(18)24)12-20(26-27)13-1-6-16(25)7-2-13/h1-11,21H,12H2. The summed E-state index contributed by atoms with van der Waals surface area (Å²) in [6.07, 6.45) is 0.656. The summed E-state index contributed by atoms with van der Waals surface area (Å²) in [5, 5.41) is 7.98. The molecule has 0 amide bonds. The zero-order valence-corrected chi connectivity index (χ0v) is 17.1. The molecule has 0 fully saturated rings. The average Bonchev–Trinajstić information content (AvgIpc) is 3.08. The molecule has 1 unspecified atom stereocenters. The average molecular weight is 464 g/mol. The molecule has 1 aliphatic rings. The molecule has 0 bridgehead atoms. The highest BCUT2D eigenvalue weighted by atomic mass is 79.9. The minimum Gasteiger partial charge on any atom is -0.257 e. The quantitative estimate of drug-likeness (QED) is 0.399. The summed E-state index contributed by atoms with van der Waals surface area (Å²) >= 11 is 16.0. The summed E-state index contributed by atoms with van der Waals surface area (Å²) in [5.74, 6) is -0.264. The van der Waals surface area contributed by atoms with E-state index in [0.29, 0.717) is 16.5 Å². The molecule has 3 aromatic rings. The fraction of sp³-hybridized carbons (Fsp3) is 0.0952. The first-order chi connectivity index (χ1) is 13.0. The van der Waals surface area contributed by atoms with Gasteiger partial charge in [0.1, 0.15) is 5.82 Å². The van der Waals surface area contributed by atoms with Crippen molar-refractivity contribution in [2.45, 2.75) is 12.5 Å². The van der Waals surface area contributed by atoms with E-state index < -0.39 is 0 Å². The molecule has 2 nitrogen and oxygen atoms in total. The summed E-state index contributed by atoms with van der Waals surface area (Å²) in [4.78, 5) is 0. The van der Waals surface area contributed by atoms with Crippen molar-refractivity contribution >= 4 is 50.5 Å². The van der Waals surface area contributed by atoms with Crippen LogP contribution >= 0.6 is 39.1 Å². The van der Waals surface area contributed by atoms with Gasteiger partial charge < -0.3 is 0 Å². The van der Waals surface area contributed by atoms with Crippen molar-refractivity contribution in [2.24, 2.45) is 5.10 Å². The smallest absolute Gasteiger partial charge is 0.123 e. The predicted octanol–water partition coefficient (Wildman–Crippen LogP) is 7.25. The maximum atomic E-state index is 13.3. The molecule has 0 N–H and O–H groups in total. The van der Waals surface area contributed by atoms with Crippen LogP contribution in [0.25, 0.3) is 0 Å². The largest absolute Gasteiger partial charge is 0.257 e. The van der Waals surface area contributed by atoms with Crippen LogP contribution in [0.3, 0.4) is 0 Å². The van der Waals surface area contributed by atoms with Crippen LogP contribution in [0.15, 0.2) is 76.3 Å². The Bertz CT molecular complexity index is 1000. The molecule has 0 radical (unpaired) electrons. The third kappa shape index (κ3) is 3.88. The van der Waals surface area contributed by atoms with Gasteiger partial charge in [0.2, 0.25) is 0 Å². The summed E-state index contributed by atoms with van der Waals surface area (Å²) in [5.41, 5.74) is 3.68. The number of halogens is 4. The van der Waals surface area contributed by atoms with Gasteiger partial charge in [-0.05, 0) is 59.7 Å². The van der Waals surface area contributed by atoms with Gasteiger partial charge in [-0.3, -0.25) is 5.01 Å². The molecule has 1 heterocycles. The molecule has 1 aliphatic heterocycles. The molecule has 0 aromatic heterocycles. The van der Waals surface area contributed by atoms with Gasteiger partial charge in [-0.15, -0.1) is 0 Å². The van der Waals surface area contributed by atoms with Crippen LogP contribution in [0.5, 0.6) is 0 Å². The van der Waals surface area contributed by atoms with Crippen LogP contribution in [0.4, 0.5) is 10.1 Å². The third-order valence-corrected chi connectivity index (χ3v) is 5.59. The molecule has 4 rings (SSSR count). The second-order valence-electron chi connectivity index (χ2n) is 6.26. The summed E-state index contributed by atoms with van der Waals surface area (Å²) in [6.45, 7) is 0. The van der Waals surface area contributed by atoms with Crippen LogP contribution in [-0.4, -0.2) is 5.71 Å². The van der Waals surface area contributed by atoms with Crippen LogP contribution in [0.1, 0.15) is 23.6 Å². The molecule has 0 spiro atoms. The number of hydrogen-bond acceptors (Lipinski definition) is 2. The number of rotatable bonds is 3. The fourth-order valence-corrected chi connectivity index (χ4v) is 3.97. The van der Waals surface area contributed by atoms with Crippen molar-refractivity contribution in [2.75, 3.05) is 5.01 Å². The van der Waals surface area contributed by atoms with Crippen molar-refractivity contribution in [1.82, 2.24) is 0 Å². The second kappa shape index (κ2) is 7.63. The number of anilines is 1. The number of hydrazone groups is 1. The summed E-state index contributed by atoms with van der Waals surface area (Å²) < 4.78 is 14.3. The molecule has 0 aliphatic carbocycles. The van der Waals surface area contributed by atoms with E-state index in [0.717, 1.165) is 27.0 Å². The van der Waals surface area contributed by atoms with Gasteiger partial charge >= 0.3 is 0 Å². The number of nitrogens with zero attached hydrogens (tertiary/aromatic N) is 2. The van der Waals surface area contributed by atoms with Crippen molar-refractivity contribution in [3.8, 4) is 0 Å². The molecular formula is C21H14BrCl2FN2. The van der Waals surface area contributed by atoms with E-state index in [9.17, 15) is 4.39 Å². The minimum atomic E-state index is -0.264. The highest BCUT2D eigenvalue weighted by Crippen LogP contribution is 2.40. The van der Waals surface area contributed by atoms with Crippen molar-refractivity contribution < 1.29 is 4.39 Å². The molecule has 6 heteroatoms. The zero-order chi connectivity index (χ0) is 19.0. The first kappa shape index (κ1) is 18.5. The Kier molecular flexibility index (Phi) is 5.22. The van der Waals surface area contributed by atoms with E-state index in [4.69, 9.17) is 28.3 Å². The van der Waals surface area contributed by atoms with Crippen LogP contribution in [0.2, 0.25) is 10.0 Å². The van der Waals surface area contributed by atoms with Gasteiger partial charge in [0, 0.05) is 20.9 Å². The summed E-state index contributed by atoms with van der Waals surface area (Å²) in [7, 11) is 0. The third-order valence-electron chi connectivity index (χ3n) is 4.50. The van der Waals surface area contributed by atoms with E-state index in [-0.39, 0.29) is 11.9 Å². The predicted molar refractivity (Wildman–Crippen MR) is 113 cm³/mol. The van der Waals surface area contributed by atoms with Crippen molar-refractivity contribution in [3.63, 3.8) is 0 Å². The zero-order valence-electron chi connectivity index (χ0n) is 14.0. The lowest BCUT2D eigenvalue weighted by atomic mass is 9.98. The van der Waals surface area contributed by atoms with Gasteiger partial charge in [0.15, 0.2) is 0 Å². The molecule has 27 heavy (non-hydrogen) atoms. The van der Waals surface area contributed by atoms with Crippen molar-refractivity contribution in [1.29, 1.82) is 0 Å². The minimum absolute atomic E-state index is 0.0732. The molecular weight excluding hydrogens is 450 g/mol. The van der Waals surface area contributed by atoms with Gasteiger partial charge in [-0.2, -0.15) is 5.10 Å². The van der Waals surface area contributed by atoms with Crippen LogP contribution in [-0.2, 0) is 0 Å². The normalized spacial score (nSPS) is 16.5. The Morgan fingerprint density at radius 1 is 0.963 bits per heavy atom. The maximum Gasteiger partial charge on any atom is 0.123 e. The second-order valence-corrected chi connectivity index (χ2v) is 8.02. The summed E-state index contributed by atoms with van der Waals surface area (Å²) in [6, 6.07) is 19.8. The maximum absolute atomic E-state index is 13.3. The molecule has 0 saturated heterocycles. The lowest BCUT2D eigenvalue weighted by Crippen LogP contribution is -2.18. The van der Waals surface area contributed by atoms with Gasteiger partial charge in [0.05, 0.1) is 17.4 Å². The van der Waals surface area contributed by atoms with E-state index in [1.165, 1.54) is 12.1 Å². The van der Waals surface area contributed by atoms with E-state index in [1.807, 2.05) is 41.4 Å². The van der Waals surface area contributed by atoms with Crippen molar-refractivity contribution in [3.05, 3.63) is 98.2 Å². The molecule has 136 valence electrons. The van der Waals surface area contributed by atoms with Gasteiger partial charge in [0.25, 0.3) is 0 Å². The first-order valence-corrected chi connectivity index (χ1v) is 9.89. The molecule has 1 atom stereocenters. The topological polar surface area (TPSA) is 15.6 Å². The Morgan fingerprint density at radius 2 is 1.67 bits per heavy atom. The van der Waals surface area contributed by atoms with E-state index >= 15 is 0 Å². The Labute approximate surface area is 175 Å². The van der Waals surface area contributed by atoms with E-state index in [2.05, 4.69) is 15.9 Å².